The van der Waals surface area contributed by atoms with Gasteiger partial charge >= 0.3 is 0 Å². The van der Waals surface area contributed by atoms with Crippen LogP contribution in [0.15, 0.2) is 24.3 Å². The molecule has 96 valence electrons. The highest BCUT2D eigenvalue weighted by Crippen LogP contribution is 2.13. The second kappa shape index (κ2) is 5.44. The summed E-state index contributed by atoms with van der Waals surface area (Å²) in [5.41, 5.74) is 1.91. The van der Waals surface area contributed by atoms with Gasteiger partial charge in [-0.3, -0.25) is 14.5 Å². The molecule has 1 aromatic carbocycles. The van der Waals surface area contributed by atoms with E-state index in [4.69, 9.17) is 0 Å². The van der Waals surface area contributed by atoms with E-state index in [0.717, 1.165) is 11.1 Å². The van der Waals surface area contributed by atoms with Crippen molar-refractivity contribution < 1.29 is 9.59 Å². The first-order valence-corrected chi connectivity index (χ1v) is 6.41. The van der Waals surface area contributed by atoms with Crippen LogP contribution in [0.2, 0.25) is 0 Å². The van der Waals surface area contributed by atoms with Crippen molar-refractivity contribution in [2.75, 3.05) is 19.6 Å². The monoisotopic (exact) mass is 245 g/mol. The SMILES string of the molecule is Cc1ccc(C(=O)CN2CCC(=O)C(C)C2)cc1. The minimum Gasteiger partial charge on any atom is -0.299 e. The highest BCUT2D eigenvalue weighted by molar-refractivity contribution is 5.97. The molecule has 1 atom stereocenters. The molecular formula is C15H19NO2. The highest BCUT2D eigenvalue weighted by atomic mass is 16.1. The van der Waals surface area contributed by atoms with E-state index in [1.165, 1.54) is 0 Å². The summed E-state index contributed by atoms with van der Waals surface area (Å²) >= 11 is 0. The number of nitrogens with zero attached hydrogens (tertiary/aromatic N) is 1. The predicted octanol–water partition coefficient (Wildman–Crippen LogP) is 2.09. The van der Waals surface area contributed by atoms with Gasteiger partial charge in [-0.1, -0.05) is 36.8 Å². The molecule has 1 unspecified atom stereocenters. The molecule has 3 heteroatoms. The van der Waals surface area contributed by atoms with E-state index in [2.05, 4.69) is 4.90 Å². The Kier molecular flexibility index (Phi) is 3.92. The summed E-state index contributed by atoms with van der Waals surface area (Å²) in [4.78, 5) is 25.6. The third-order valence-corrected chi connectivity index (χ3v) is 3.50. The topological polar surface area (TPSA) is 37.4 Å². The molecule has 1 saturated heterocycles. The zero-order chi connectivity index (χ0) is 13.1. The van der Waals surface area contributed by atoms with Crippen LogP contribution in [-0.4, -0.2) is 36.1 Å². The van der Waals surface area contributed by atoms with Gasteiger partial charge in [0, 0.05) is 31.0 Å². The number of likely N-dealkylation sites (tertiary alicyclic amines) is 1. The highest BCUT2D eigenvalue weighted by Gasteiger charge is 2.24. The van der Waals surface area contributed by atoms with Crippen LogP contribution < -0.4 is 0 Å². The zero-order valence-corrected chi connectivity index (χ0v) is 11.0. The molecule has 0 saturated carbocycles. The number of hydrogen-bond donors (Lipinski definition) is 0. The van der Waals surface area contributed by atoms with Crippen LogP contribution in [0.25, 0.3) is 0 Å². The van der Waals surface area contributed by atoms with Gasteiger partial charge in [0.1, 0.15) is 5.78 Å². The first kappa shape index (κ1) is 13.0. The first-order valence-electron chi connectivity index (χ1n) is 6.41. The molecule has 0 radical (unpaired) electrons. The Labute approximate surface area is 108 Å². The lowest BCUT2D eigenvalue weighted by Gasteiger charge is -2.29. The lowest BCUT2D eigenvalue weighted by Crippen LogP contribution is -2.42. The summed E-state index contributed by atoms with van der Waals surface area (Å²) < 4.78 is 0. The van der Waals surface area contributed by atoms with E-state index in [0.29, 0.717) is 31.8 Å². The molecule has 18 heavy (non-hydrogen) atoms. The average molecular weight is 245 g/mol. The Morgan fingerprint density at radius 1 is 1.33 bits per heavy atom. The Bertz CT molecular complexity index is 450. The third-order valence-electron chi connectivity index (χ3n) is 3.50. The molecule has 0 bridgehead atoms. The van der Waals surface area contributed by atoms with Crippen LogP contribution in [0, 0.1) is 12.8 Å². The lowest BCUT2D eigenvalue weighted by atomic mass is 9.98. The maximum atomic E-state index is 12.1. The molecular weight excluding hydrogens is 226 g/mol. The summed E-state index contributed by atoms with van der Waals surface area (Å²) in [6, 6.07) is 7.65. The van der Waals surface area contributed by atoms with Gasteiger partial charge < -0.3 is 0 Å². The Morgan fingerprint density at radius 3 is 2.61 bits per heavy atom. The maximum absolute atomic E-state index is 12.1. The molecule has 1 aliphatic rings. The van der Waals surface area contributed by atoms with Crippen molar-refractivity contribution in [3.63, 3.8) is 0 Å². The third kappa shape index (κ3) is 3.05. The van der Waals surface area contributed by atoms with Crippen molar-refractivity contribution in [2.24, 2.45) is 5.92 Å². The molecule has 2 rings (SSSR count). The van der Waals surface area contributed by atoms with Gasteiger partial charge in [-0.2, -0.15) is 0 Å². The number of carbonyl (C=O) groups is 2. The molecule has 0 N–H and O–H groups in total. The smallest absolute Gasteiger partial charge is 0.176 e. The van der Waals surface area contributed by atoms with Gasteiger partial charge in [0.15, 0.2) is 5.78 Å². The first-order chi connectivity index (χ1) is 8.56. The Balaban J connectivity index is 1.95. The van der Waals surface area contributed by atoms with E-state index < -0.39 is 0 Å². The summed E-state index contributed by atoms with van der Waals surface area (Å²) in [5, 5.41) is 0. The number of rotatable bonds is 3. The van der Waals surface area contributed by atoms with Crippen molar-refractivity contribution in [3.05, 3.63) is 35.4 Å². The summed E-state index contributed by atoms with van der Waals surface area (Å²) in [6.45, 7) is 5.77. The number of ketones is 2. The number of carbonyl (C=O) groups excluding carboxylic acids is 2. The fourth-order valence-electron chi connectivity index (χ4n) is 2.27. The fourth-order valence-corrected chi connectivity index (χ4v) is 2.27. The number of aryl methyl sites for hydroxylation is 1. The van der Waals surface area contributed by atoms with Crippen LogP contribution in [0.5, 0.6) is 0 Å². The zero-order valence-electron chi connectivity index (χ0n) is 11.0. The molecule has 0 aliphatic carbocycles. The molecule has 3 nitrogen and oxygen atoms in total. The van der Waals surface area contributed by atoms with Gasteiger partial charge in [-0.05, 0) is 6.92 Å². The molecule has 1 fully saturated rings. The molecule has 1 aromatic rings. The van der Waals surface area contributed by atoms with Crippen molar-refractivity contribution in [1.29, 1.82) is 0 Å². The summed E-state index contributed by atoms with van der Waals surface area (Å²) in [5.74, 6) is 0.509. The van der Waals surface area contributed by atoms with E-state index in [9.17, 15) is 9.59 Å². The second-order valence-corrected chi connectivity index (χ2v) is 5.14. The van der Waals surface area contributed by atoms with Crippen LogP contribution in [0.4, 0.5) is 0 Å². The van der Waals surface area contributed by atoms with Gasteiger partial charge in [0.2, 0.25) is 0 Å². The number of Topliss-reactive ketones (excluding diaryl/α,β-unsaturated/α-hetero) is 2. The fraction of sp³-hybridized carbons (Fsp3) is 0.467. The van der Waals surface area contributed by atoms with E-state index in [-0.39, 0.29) is 11.7 Å². The molecule has 0 spiro atoms. The normalized spacial score (nSPS) is 21.0. The average Bonchev–Trinajstić information content (AvgIpc) is 2.34. The number of benzene rings is 1. The van der Waals surface area contributed by atoms with Crippen molar-refractivity contribution in [3.8, 4) is 0 Å². The van der Waals surface area contributed by atoms with Crippen molar-refractivity contribution in [2.45, 2.75) is 20.3 Å². The van der Waals surface area contributed by atoms with E-state index >= 15 is 0 Å². The Morgan fingerprint density at radius 2 is 2.00 bits per heavy atom. The molecule has 0 amide bonds. The lowest BCUT2D eigenvalue weighted by molar-refractivity contribution is -0.125. The standard InChI is InChI=1S/C15H19NO2/c1-11-3-5-13(6-4-11)15(18)10-16-8-7-14(17)12(2)9-16/h3-6,12H,7-10H2,1-2H3. The molecule has 0 aromatic heterocycles. The summed E-state index contributed by atoms with van der Waals surface area (Å²) in [6.07, 6.45) is 0.572. The summed E-state index contributed by atoms with van der Waals surface area (Å²) in [7, 11) is 0. The maximum Gasteiger partial charge on any atom is 0.176 e. The Hall–Kier alpha value is -1.48. The molecule has 1 aliphatic heterocycles. The molecule has 1 heterocycles. The van der Waals surface area contributed by atoms with E-state index in [1.807, 2.05) is 38.1 Å². The predicted molar refractivity (Wildman–Crippen MR) is 70.7 cm³/mol. The minimum atomic E-state index is 0.0598. The van der Waals surface area contributed by atoms with Gasteiger partial charge in [0.25, 0.3) is 0 Å². The van der Waals surface area contributed by atoms with Crippen LogP contribution >= 0.6 is 0 Å². The quantitative estimate of drug-likeness (QED) is 0.765. The van der Waals surface area contributed by atoms with Crippen LogP contribution in [0.1, 0.15) is 29.3 Å². The minimum absolute atomic E-state index is 0.0598. The number of piperidine rings is 1. The number of hydrogen-bond acceptors (Lipinski definition) is 3. The largest absolute Gasteiger partial charge is 0.299 e. The van der Waals surface area contributed by atoms with Crippen molar-refractivity contribution >= 4 is 11.6 Å². The van der Waals surface area contributed by atoms with Gasteiger partial charge in [-0.15, -0.1) is 0 Å². The van der Waals surface area contributed by atoms with E-state index in [1.54, 1.807) is 0 Å². The van der Waals surface area contributed by atoms with Crippen LogP contribution in [0.3, 0.4) is 0 Å². The van der Waals surface area contributed by atoms with Crippen LogP contribution in [-0.2, 0) is 4.79 Å². The second-order valence-electron chi connectivity index (χ2n) is 5.14. The van der Waals surface area contributed by atoms with Gasteiger partial charge in [0.05, 0.1) is 6.54 Å². The van der Waals surface area contributed by atoms with Gasteiger partial charge in [-0.25, -0.2) is 0 Å². The van der Waals surface area contributed by atoms with Crippen molar-refractivity contribution in [1.82, 2.24) is 4.90 Å².